The molecular formula is C26H35F. The summed E-state index contributed by atoms with van der Waals surface area (Å²) in [5.74, 6) is 1.99. The number of hydrogen-bond acceptors (Lipinski definition) is 0. The van der Waals surface area contributed by atoms with Crippen LogP contribution in [0.2, 0.25) is 0 Å². The van der Waals surface area contributed by atoms with Gasteiger partial charge in [-0.15, -0.1) is 0 Å². The lowest BCUT2D eigenvalue weighted by Gasteiger charge is -2.29. The third-order valence-electron chi connectivity index (χ3n) is 6.49. The Balaban J connectivity index is 1.49. The van der Waals surface area contributed by atoms with E-state index in [0.717, 1.165) is 18.3 Å². The van der Waals surface area contributed by atoms with Crippen LogP contribution in [0.3, 0.4) is 0 Å². The second kappa shape index (κ2) is 10.1. The van der Waals surface area contributed by atoms with Crippen LogP contribution in [0.25, 0.3) is 0 Å². The molecule has 1 atom stereocenters. The van der Waals surface area contributed by atoms with Gasteiger partial charge >= 0.3 is 0 Å². The molecule has 2 aromatic carbocycles. The van der Waals surface area contributed by atoms with Gasteiger partial charge in [0.25, 0.3) is 0 Å². The van der Waals surface area contributed by atoms with Gasteiger partial charge in [0.1, 0.15) is 5.82 Å². The fraction of sp³-hybridized carbons (Fsp3) is 0.538. The molecule has 0 radical (unpaired) electrons. The zero-order valence-corrected chi connectivity index (χ0v) is 17.1. The molecule has 2 aromatic rings. The van der Waals surface area contributed by atoms with Gasteiger partial charge in [0, 0.05) is 0 Å². The molecule has 0 N–H and O–H groups in total. The molecule has 1 saturated carbocycles. The normalized spacial score (nSPS) is 21.1. The number of halogens is 1. The van der Waals surface area contributed by atoms with Crippen LogP contribution in [0.4, 0.5) is 4.39 Å². The Morgan fingerprint density at radius 1 is 0.889 bits per heavy atom. The van der Waals surface area contributed by atoms with Crippen LogP contribution in [0, 0.1) is 11.7 Å². The Morgan fingerprint density at radius 2 is 1.56 bits per heavy atom. The molecule has 0 aliphatic heterocycles. The highest BCUT2D eigenvalue weighted by molar-refractivity contribution is 5.28. The van der Waals surface area contributed by atoms with Crippen molar-refractivity contribution in [1.29, 1.82) is 0 Å². The quantitative estimate of drug-likeness (QED) is 0.415. The summed E-state index contributed by atoms with van der Waals surface area (Å²) in [5, 5.41) is 0. The summed E-state index contributed by atoms with van der Waals surface area (Å²) < 4.78 is 13.1. The predicted octanol–water partition coefficient (Wildman–Crippen LogP) is 8.03. The molecule has 0 heterocycles. The fourth-order valence-corrected chi connectivity index (χ4v) is 4.66. The Labute approximate surface area is 165 Å². The zero-order chi connectivity index (χ0) is 19.1. The summed E-state index contributed by atoms with van der Waals surface area (Å²) in [6.45, 7) is 4.52. The monoisotopic (exact) mass is 366 g/mol. The smallest absolute Gasteiger partial charge is 0.123 e. The summed E-state index contributed by atoms with van der Waals surface area (Å²) in [6, 6.07) is 16.3. The van der Waals surface area contributed by atoms with Gasteiger partial charge in [-0.05, 0) is 78.7 Å². The lowest BCUT2D eigenvalue weighted by atomic mass is 9.77. The maximum absolute atomic E-state index is 13.1. The zero-order valence-electron chi connectivity index (χ0n) is 17.1. The Hall–Kier alpha value is -1.63. The van der Waals surface area contributed by atoms with Crippen LogP contribution in [-0.2, 0) is 6.42 Å². The maximum Gasteiger partial charge on any atom is 0.123 e. The van der Waals surface area contributed by atoms with E-state index in [-0.39, 0.29) is 5.82 Å². The molecule has 1 heteroatoms. The highest BCUT2D eigenvalue weighted by Gasteiger charge is 2.22. The second-order valence-corrected chi connectivity index (χ2v) is 8.61. The number of benzene rings is 2. The van der Waals surface area contributed by atoms with E-state index in [1.807, 2.05) is 12.1 Å². The van der Waals surface area contributed by atoms with Gasteiger partial charge in [0.15, 0.2) is 0 Å². The van der Waals surface area contributed by atoms with Gasteiger partial charge in [-0.2, -0.15) is 0 Å². The largest absolute Gasteiger partial charge is 0.207 e. The number of unbranched alkanes of at least 4 members (excludes halogenated alkanes) is 2. The second-order valence-electron chi connectivity index (χ2n) is 8.61. The maximum atomic E-state index is 13.1. The molecule has 0 aromatic heterocycles. The van der Waals surface area contributed by atoms with Crippen molar-refractivity contribution in [2.75, 3.05) is 0 Å². The first-order valence-corrected chi connectivity index (χ1v) is 11.0. The molecule has 0 bridgehead atoms. The Morgan fingerprint density at radius 3 is 2.19 bits per heavy atom. The van der Waals surface area contributed by atoms with E-state index in [9.17, 15) is 4.39 Å². The van der Waals surface area contributed by atoms with Crippen molar-refractivity contribution in [2.24, 2.45) is 5.92 Å². The van der Waals surface area contributed by atoms with Gasteiger partial charge in [-0.3, -0.25) is 0 Å². The summed E-state index contributed by atoms with van der Waals surface area (Å²) in [6.07, 6.45) is 12.2. The lowest BCUT2D eigenvalue weighted by molar-refractivity contribution is 0.303. The van der Waals surface area contributed by atoms with E-state index in [1.165, 1.54) is 68.1 Å². The van der Waals surface area contributed by atoms with E-state index in [2.05, 4.69) is 38.1 Å². The summed E-state index contributed by atoms with van der Waals surface area (Å²) >= 11 is 0. The van der Waals surface area contributed by atoms with Crippen LogP contribution < -0.4 is 0 Å². The molecule has 146 valence electrons. The average molecular weight is 367 g/mol. The van der Waals surface area contributed by atoms with Crippen LogP contribution >= 0.6 is 0 Å². The molecule has 27 heavy (non-hydrogen) atoms. The average Bonchev–Trinajstić information content (AvgIpc) is 2.70. The van der Waals surface area contributed by atoms with E-state index in [1.54, 1.807) is 12.1 Å². The van der Waals surface area contributed by atoms with Crippen molar-refractivity contribution in [3.63, 3.8) is 0 Å². The van der Waals surface area contributed by atoms with E-state index >= 15 is 0 Å². The van der Waals surface area contributed by atoms with E-state index < -0.39 is 0 Å². The molecule has 0 unspecified atom stereocenters. The van der Waals surface area contributed by atoms with Crippen LogP contribution in [-0.4, -0.2) is 0 Å². The van der Waals surface area contributed by atoms with E-state index in [4.69, 9.17) is 0 Å². The number of hydrogen-bond donors (Lipinski definition) is 0. The summed E-state index contributed by atoms with van der Waals surface area (Å²) in [5.41, 5.74) is 4.12. The third kappa shape index (κ3) is 5.92. The van der Waals surface area contributed by atoms with Crippen LogP contribution in [0.5, 0.6) is 0 Å². The molecule has 0 saturated heterocycles. The standard InChI is InChI=1S/C26H35F/c1-3-4-5-6-21-7-11-24(12-8-21)25-13-9-22(10-14-25)19-20(2)23-15-17-26(27)18-16-23/h9-10,13-18,20-21,24H,3-8,11-12,19H2,1-2H3/t20-,21?,24?/m1/s1. The highest BCUT2D eigenvalue weighted by Crippen LogP contribution is 2.38. The van der Waals surface area contributed by atoms with Crippen LogP contribution in [0.15, 0.2) is 48.5 Å². The minimum Gasteiger partial charge on any atom is -0.207 e. The highest BCUT2D eigenvalue weighted by atomic mass is 19.1. The van der Waals surface area contributed by atoms with Gasteiger partial charge in [-0.1, -0.05) is 75.9 Å². The Kier molecular flexibility index (Phi) is 7.50. The van der Waals surface area contributed by atoms with Crippen molar-refractivity contribution in [3.8, 4) is 0 Å². The Bertz CT molecular complexity index is 662. The molecule has 1 fully saturated rings. The summed E-state index contributed by atoms with van der Waals surface area (Å²) in [4.78, 5) is 0. The van der Waals surface area contributed by atoms with E-state index in [0.29, 0.717) is 5.92 Å². The molecule has 0 spiro atoms. The van der Waals surface area contributed by atoms with Gasteiger partial charge in [-0.25, -0.2) is 4.39 Å². The SMILES string of the molecule is CCCCCC1CCC(c2ccc(C[C@@H](C)c3ccc(F)cc3)cc2)CC1. The van der Waals surface area contributed by atoms with Crippen molar-refractivity contribution >= 4 is 0 Å². The molecule has 1 aliphatic carbocycles. The molecule has 1 aliphatic rings. The fourth-order valence-electron chi connectivity index (χ4n) is 4.66. The molecule has 3 rings (SSSR count). The first-order chi connectivity index (χ1) is 13.2. The lowest BCUT2D eigenvalue weighted by Crippen LogP contribution is -2.13. The summed E-state index contributed by atoms with van der Waals surface area (Å²) in [7, 11) is 0. The number of rotatable bonds is 8. The van der Waals surface area contributed by atoms with Crippen molar-refractivity contribution in [2.45, 2.75) is 83.5 Å². The van der Waals surface area contributed by atoms with Gasteiger partial charge in [0.05, 0.1) is 0 Å². The topological polar surface area (TPSA) is 0 Å². The van der Waals surface area contributed by atoms with Crippen molar-refractivity contribution in [3.05, 3.63) is 71.0 Å². The van der Waals surface area contributed by atoms with Gasteiger partial charge < -0.3 is 0 Å². The predicted molar refractivity (Wildman–Crippen MR) is 114 cm³/mol. The van der Waals surface area contributed by atoms with Gasteiger partial charge in [0.2, 0.25) is 0 Å². The first-order valence-electron chi connectivity index (χ1n) is 11.0. The molecule has 0 amide bonds. The van der Waals surface area contributed by atoms with Crippen LogP contribution in [0.1, 0.15) is 93.7 Å². The molecule has 0 nitrogen and oxygen atoms in total. The third-order valence-corrected chi connectivity index (χ3v) is 6.49. The first kappa shape index (κ1) is 20.1. The molecular weight excluding hydrogens is 331 g/mol. The van der Waals surface area contributed by atoms with Crippen molar-refractivity contribution < 1.29 is 4.39 Å². The minimum atomic E-state index is -0.157. The van der Waals surface area contributed by atoms with Crippen molar-refractivity contribution in [1.82, 2.24) is 0 Å². The minimum absolute atomic E-state index is 0.157.